The lowest BCUT2D eigenvalue weighted by Gasteiger charge is -2.31. The van der Waals surface area contributed by atoms with Crippen molar-refractivity contribution in [1.29, 1.82) is 0 Å². The molecule has 0 spiro atoms. The van der Waals surface area contributed by atoms with Crippen LogP contribution in [0, 0.1) is 11.8 Å². The van der Waals surface area contributed by atoms with Crippen LogP contribution >= 0.6 is 11.6 Å². The molecular weight excluding hydrogens is 416 g/mol. The van der Waals surface area contributed by atoms with Gasteiger partial charge in [-0.2, -0.15) is 0 Å². The molecule has 172 valence electrons. The molecule has 32 heavy (non-hydrogen) atoms. The zero-order valence-corrected chi connectivity index (χ0v) is 21.0. The monoisotopic (exact) mass is 452 g/mol. The third-order valence-corrected chi connectivity index (χ3v) is 6.65. The maximum absolute atomic E-state index is 12.9. The number of hydrogen-bond acceptors (Lipinski definition) is 1. The van der Waals surface area contributed by atoms with Crippen LogP contribution in [-0.4, -0.2) is 28.5 Å². The molecular formula is C28H37ClN2O. The molecule has 1 aliphatic heterocycles. The molecule has 3 rings (SSSR count). The first-order valence-electron chi connectivity index (χ1n) is 11.9. The second-order valence-corrected chi connectivity index (χ2v) is 9.94. The second kappa shape index (κ2) is 11.0. The van der Waals surface area contributed by atoms with E-state index in [9.17, 15) is 4.79 Å². The van der Waals surface area contributed by atoms with Gasteiger partial charge in [0.05, 0.1) is 0 Å². The topological polar surface area (TPSA) is 25.2 Å². The van der Waals surface area contributed by atoms with Gasteiger partial charge in [0, 0.05) is 42.1 Å². The molecule has 4 heteroatoms. The number of allylic oxidation sites excluding steroid dienone is 4. The van der Waals surface area contributed by atoms with Gasteiger partial charge < -0.3 is 9.47 Å². The highest BCUT2D eigenvalue weighted by Gasteiger charge is 2.22. The van der Waals surface area contributed by atoms with Gasteiger partial charge in [-0.05, 0) is 92.0 Å². The smallest absolute Gasteiger partial charge is 0.253 e. The molecule has 1 aliphatic rings. The predicted octanol–water partition coefficient (Wildman–Crippen LogP) is 7.57. The fourth-order valence-corrected chi connectivity index (χ4v) is 4.74. The summed E-state index contributed by atoms with van der Waals surface area (Å²) in [7, 11) is 0. The zero-order chi connectivity index (χ0) is 23.3. The van der Waals surface area contributed by atoms with Gasteiger partial charge in [0.15, 0.2) is 0 Å². The van der Waals surface area contributed by atoms with E-state index < -0.39 is 0 Å². The lowest BCUT2D eigenvalue weighted by Crippen LogP contribution is -2.39. The molecule has 0 bridgehead atoms. The number of amides is 1. The van der Waals surface area contributed by atoms with Crippen LogP contribution in [0.3, 0.4) is 0 Å². The summed E-state index contributed by atoms with van der Waals surface area (Å²) in [5.74, 6) is 1.32. The molecule has 3 nitrogen and oxygen atoms in total. The van der Waals surface area contributed by atoms with E-state index >= 15 is 0 Å². The van der Waals surface area contributed by atoms with Crippen LogP contribution in [0.4, 0.5) is 0 Å². The molecule has 2 heterocycles. The van der Waals surface area contributed by atoms with E-state index in [0.29, 0.717) is 22.4 Å². The van der Waals surface area contributed by atoms with Crippen molar-refractivity contribution in [2.24, 2.45) is 11.8 Å². The average molecular weight is 453 g/mol. The summed E-state index contributed by atoms with van der Waals surface area (Å²) in [5, 5.41) is 0.625. The summed E-state index contributed by atoms with van der Waals surface area (Å²) in [5.41, 5.74) is 5.12. The first kappa shape index (κ1) is 24.4. The van der Waals surface area contributed by atoms with Crippen molar-refractivity contribution in [3.05, 3.63) is 70.5 Å². The van der Waals surface area contributed by atoms with E-state index in [1.807, 2.05) is 23.1 Å². The van der Waals surface area contributed by atoms with Gasteiger partial charge in [0.25, 0.3) is 5.91 Å². The Balaban J connectivity index is 1.80. The predicted molar refractivity (Wildman–Crippen MR) is 137 cm³/mol. The summed E-state index contributed by atoms with van der Waals surface area (Å²) in [4.78, 5) is 14.9. The number of carbonyl (C=O) groups is 1. The number of hydrogen-bond donors (Lipinski definition) is 0. The largest absolute Gasteiger partial charge is 0.348 e. The minimum Gasteiger partial charge on any atom is -0.348 e. The lowest BCUT2D eigenvalue weighted by molar-refractivity contribution is 0.0683. The summed E-state index contributed by atoms with van der Waals surface area (Å²) in [6.07, 6.45) is 9.91. The van der Waals surface area contributed by atoms with Crippen LogP contribution in [0.25, 0.3) is 11.1 Å². The summed E-state index contributed by atoms with van der Waals surface area (Å²) in [6, 6.07) is 10.0. The van der Waals surface area contributed by atoms with Crippen LogP contribution in [0.15, 0.2) is 48.7 Å². The van der Waals surface area contributed by atoms with E-state index in [4.69, 9.17) is 11.6 Å². The fraction of sp³-hybridized carbons (Fsp3) is 0.464. The Morgan fingerprint density at radius 3 is 2.72 bits per heavy atom. The summed E-state index contributed by atoms with van der Waals surface area (Å²) >= 11 is 6.67. The van der Waals surface area contributed by atoms with Gasteiger partial charge >= 0.3 is 0 Å². The standard InChI is InChI=1S/C28H37ClN2O/c1-6-23(27-10-8-14-30(27)16-13-20(2)3)17-22(5)25-12-11-24(18-26(25)29)28(32)31-15-7-9-21(4)19-31/h6,8,10-12,14,17-18,20-21H,7,9,13,15-16,19H2,1-5H3/b22-17+,23-6+. The number of benzene rings is 1. The SMILES string of the molecule is C/C=C(\C=C(/C)c1ccc(C(=O)N2CCCC(C)C2)cc1Cl)c1cccn1CCC(C)C. The molecule has 0 radical (unpaired) electrons. The molecule has 1 fully saturated rings. The number of rotatable bonds is 7. The number of aryl methyl sites for hydroxylation is 1. The van der Waals surface area contributed by atoms with Gasteiger partial charge in [0.2, 0.25) is 0 Å². The van der Waals surface area contributed by atoms with Crippen LogP contribution in [-0.2, 0) is 6.54 Å². The van der Waals surface area contributed by atoms with E-state index in [1.54, 1.807) is 0 Å². The molecule has 1 aromatic heterocycles. The zero-order valence-electron chi connectivity index (χ0n) is 20.2. The van der Waals surface area contributed by atoms with E-state index in [2.05, 4.69) is 69.7 Å². The van der Waals surface area contributed by atoms with Crippen molar-refractivity contribution < 1.29 is 4.79 Å². The fourth-order valence-electron chi connectivity index (χ4n) is 4.41. The molecule has 0 aliphatic carbocycles. The van der Waals surface area contributed by atoms with E-state index in [1.165, 1.54) is 17.7 Å². The number of likely N-dealkylation sites (tertiary alicyclic amines) is 1. The number of nitrogens with zero attached hydrogens (tertiary/aromatic N) is 2. The highest BCUT2D eigenvalue weighted by molar-refractivity contribution is 6.32. The molecule has 0 N–H and O–H groups in total. The molecule has 0 saturated carbocycles. The normalized spacial score (nSPS) is 17.8. The number of piperidine rings is 1. The highest BCUT2D eigenvalue weighted by Crippen LogP contribution is 2.29. The Morgan fingerprint density at radius 2 is 2.06 bits per heavy atom. The third kappa shape index (κ3) is 5.95. The van der Waals surface area contributed by atoms with Crippen molar-refractivity contribution in [3.63, 3.8) is 0 Å². The number of aromatic nitrogens is 1. The average Bonchev–Trinajstić information content (AvgIpc) is 3.23. The Morgan fingerprint density at radius 1 is 1.28 bits per heavy atom. The van der Waals surface area contributed by atoms with Gasteiger partial charge in [-0.1, -0.05) is 44.5 Å². The van der Waals surface area contributed by atoms with Crippen LogP contribution in [0.2, 0.25) is 5.02 Å². The van der Waals surface area contributed by atoms with Crippen LogP contribution in [0.5, 0.6) is 0 Å². The minimum atomic E-state index is 0.0868. The van der Waals surface area contributed by atoms with E-state index in [0.717, 1.165) is 43.6 Å². The third-order valence-electron chi connectivity index (χ3n) is 6.34. The number of carbonyl (C=O) groups excluding carboxylic acids is 1. The molecule has 1 aromatic carbocycles. The van der Waals surface area contributed by atoms with Crippen molar-refractivity contribution >= 4 is 28.7 Å². The van der Waals surface area contributed by atoms with Crippen LogP contribution < -0.4 is 0 Å². The summed E-state index contributed by atoms with van der Waals surface area (Å²) in [6.45, 7) is 13.6. The first-order valence-corrected chi connectivity index (χ1v) is 12.3. The van der Waals surface area contributed by atoms with Gasteiger partial charge in [0.1, 0.15) is 0 Å². The Kier molecular flexibility index (Phi) is 8.42. The maximum Gasteiger partial charge on any atom is 0.253 e. The van der Waals surface area contributed by atoms with E-state index in [-0.39, 0.29) is 5.91 Å². The van der Waals surface area contributed by atoms with Crippen molar-refractivity contribution in [3.8, 4) is 0 Å². The molecule has 1 amide bonds. The van der Waals surface area contributed by atoms with Crippen molar-refractivity contribution in [1.82, 2.24) is 9.47 Å². The molecule has 1 saturated heterocycles. The summed E-state index contributed by atoms with van der Waals surface area (Å²) < 4.78 is 2.32. The maximum atomic E-state index is 12.9. The Hall–Kier alpha value is -2.26. The minimum absolute atomic E-state index is 0.0868. The Bertz CT molecular complexity index is 999. The number of halogens is 1. The first-order chi connectivity index (χ1) is 15.3. The quantitative estimate of drug-likeness (QED) is 0.397. The van der Waals surface area contributed by atoms with Crippen molar-refractivity contribution in [2.45, 2.75) is 60.4 Å². The van der Waals surface area contributed by atoms with Crippen LogP contribution in [0.1, 0.15) is 75.5 Å². The van der Waals surface area contributed by atoms with Crippen molar-refractivity contribution in [2.75, 3.05) is 13.1 Å². The van der Waals surface area contributed by atoms with Gasteiger partial charge in [-0.25, -0.2) is 0 Å². The molecule has 1 atom stereocenters. The molecule has 2 aromatic rings. The van der Waals surface area contributed by atoms with Gasteiger partial charge in [-0.3, -0.25) is 4.79 Å². The second-order valence-electron chi connectivity index (χ2n) is 9.53. The highest BCUT2D eigenvalue weighted by atomic mass is 35.5. The van der Waals surface area contributed by atoms with Gasteiger partial charge in [-0.15, -0.1) is 0 Å². The Labute approximate surface area is 198 Å². The molecule has 1 unspecified atom stereocenters. The lowest BCUT2D eigenvalue weighted by atomic mass is 9.98.